The number of hydrogen-bond donors (Lipinski definition) is 0. The predicted molar refractivity (Wildman–Crippen MR) is 103 cm³/mol. The number of benzene rings is 1. The molecule has 0 unspecified atom stereocenters. The molecule has 0 bridgehead atoms. The van der Waals surface area contributed by atoms with Crippen LogP contribution in [0.3, 0.4) is 0 Å². The highest BCUT2D eigenvalue weighted by Crippen LogP contribution is 2.21. The van der Waals surface area contributed by atoms with Crippen molar-refractivity contribution in [2.24, 2.45) is 0 Å². The van der Waals surface area contributed by atoms with Gasteiger partial charge >= 0.3 is 0 Å². The van der Waals surface area contributed by atoms with Crippen LogP contribution in [0.5, 0.6) is 5.88 Å². The second kappa shape index (κ2) is 7.25. The number of para-hydroxylation sites is 2. The van der Waals surface area contributed by atoms with Gasteiger partial charge in [0, 0.05) is 38.8 Å². The third-order valence-electron chi connectivity index (χ3n) is 4.77. The van der Waals surface area contributed by atoms with E-state index in [1.807, 2.05) is 49.4 Å². The summed E-state index contributed by atoms with van der Waals surface area (Å²) >= 11 is 0. The van der Waals surface area contributed by atoms with Crippen LogP contribution in [0.2, 0.25) is 0 Å². The minimum Gasteiger partial charge on any atom is -0.481 e. The topological polar surface area (TPSA) is 54.4 Å². The fourth-order valence-corrected chi connectivity index (χ4v) is 3.38. The Kier molecular flexibility index (Phi) is 4.67. The van der Waals surface area contributed by atoms with E-state index in [4.69, 9.17) is 14.7 Å². The van der Waals surface area contributed by atoms with Crippen molar-refractivity contribution in [3.05, 3.63) is 53.9 Å². The Morgan fingerprint density at radius 3 is 2.35 bits per heavy atom. The van der Waals surface area contributed by atoms with Crippen LogP contribution in [0, 0.1) is 6.92 Å². The van der Waals surface area contributed by atoms with E-state index in [2.05, 4.69) is 14.8 Å². The first-order valence-electron chi connectivity index (χ1n) is 8.93. The van der Waals surface area contributed by atoms with Crippen molar-refractivity contribution in [2.75, 3.05) is 38.2 Å². The lowest BCUT2D eigenvalue weighted by Crippen LogP contribution is -2.46. The quantitative estimate of drug-likeness (QED) is 0.722. The van der Waals surface area contributed by atoms with Gasteiger partial charge in [0.15, 0.2) is 5.82 Å². The van der Waals surface area contributed by atoms with Gasteiger partial charge < -0.3 is 9.64 Å². The van der Waals surface area contributed by atoms with E-state index in [-0.39, 0.29) is 0 Å². The Labute approximate surface area is 153 Å². The van der Waals surface area contributed by atoms with E-state index in [0.29, 0.717) is 5.88 Å². The number of nitrogens with zero attached hydrogens (tertiary/aromatic N) is 5. The third kappa shape index (κ3) is 3.46. The number of piperazine rings is 1. The molecule has 0 spiro atoms. The van der Waals surface area contributed by atoms with Gasteiger partial charge in [-0.3, -0.25) is 4.90 Å². The molecule has 3 aromatic rings. The van der Waals surface area contributed by atoms with Crippen LogP contribution in [0.25, 0.3) is 11.0 Å². The van der Waals surface area contributed by atoms with Crippen molar-refractivity contribution >= 4 is 16.9 Å². The molecule has 2 aromatic heterocycles. The second-order valence-electron chi connectivity index (χ2n) is 6.56. The van der Waals surface area contributed by atoms with Crippen LogP contribution < -0.4 is 9.64 Å². The van der Waals surface area contributed by atoms with Crippen LogP contribution in [-0.4, -0.2) is 53.1 Å². The van der Waals surface area contributed by atoms with Gasteiger partial charge in [0.1, 0.15) is 0 Å². The van der Waals surface area contributed by atoms with Crippen molar-refractivity contribution < 1.29 is 4.74 Å². The molecule has 1 aliphatic rings. The van der Waals surface area contributed by atoms with E-state index < -0.39 is 0 Å². The van der Waals surface area contributed by atoms with Crippen molar-refractivity contribution in [1.29, 1.82) is 0 Å². The molecule has 6 nitrogen and oxygen atoms in total. The molecule has 0 N–H and O–H groups in total. The largest absolute Gasteiger partial charge is 0.481 e. The Balaban J connectivity index is 1.44. The van der Waals surface area contributed by atoms with Crippen molar-refractivity contribution in [3.8, 4) is 5.88 Å². The maximum atomic E-state index is 5.21. The normalized spacial score (nSPS) is 15.4. The van der Waals surface area contributed by atoms with Gasteiger partial charge in [0.2, 0.25) is 5.88 Å². The Morgan fingerprint density at radius 2 is 1.62 bits per heavy atom. The van der Waals surface area contributed by atoms with E-state index >= 15 is 0 Å². The molecule has 26 heavy (non-hydrogen) atoms. The number of hydrogen-bond acceptors (Lipinski definition) is 6. The molecular weight excluding hydrogens is 326 g/mol. The lowest BCUT2D eigenvalue weighted by molar-refractivity contribution is 0.245. The van der Waals surface area contributed by atoms with Crippen LogP contribution in [0.4, 0.5) is 5.82 Å². The molecule has 0 amide bonds. The summed E-state index contributed by atoms with van der Waals surface area (Å²) in [7, 11) is 1.65. The summed E-state index contributed by atoms with van der Waals surface area (Å²) < 4.78 is 5.21. The number of pyridine rings is 1. The molecule has 0 aliphatic carbocycles. The Bertz CT molecular complexity index is 906. The molecular formula is C20H23N5O. The van der Waals surface area contributed by atoms with Gasteiger partial charge in [-0.15, -0.1) is 0 Å². The number of anilines is 1. The first-order valence-corrected chi connectivity index (χ1v) is 8.93. The molecule has 1 saturated heterocycles. The molecule has 0 saturated carbocycles. The SMILES string of the molecule is COc1cccc(CN2CCN(c3nc4ccccc4nc3C)CC2)n1. The van der Waals surface area contributed by atoms with Crippen LogP contribution in [-0.2, 0) is 6.54 Å². The Morgan fingerprint density at radius 1 is 0.885 bits per heavy atom. The molecule has 3 heterocycles. The summed E-state index contributed by atoms with van der Waals surface area (Å²) in [5, 5.41) is 0. The standard InChI is InChI=1S/C20H23N5O/c1-15-20(23-18-8-4-3-7-17(18)21-15)25-12-10-24(11-13-25)14-16-6-5-9-19(22-16)26-2/h3-9H,10-14H2,1-2H3. The van der Waals surface area contributed by atoms with Gasteiger partial charge in [-0.05, 0) is 25.1 Å². The summed E-state index contributed by atoms with van der Waals surface area (Å²) in [5.74, 6) is 1.67. The zero-order valence-electron chi connectivity index (χ0n) is 15.2. The molecule has 1 aromatic carbocycles. The molecule has 1 aliphatic heterocycles. The lowest BCUT2D eigenvalue weighted by Gasteiger charge is -2.35. The maximum absolute atomic E-state index is 5.21. The smallest absolute Gasteiger partial charge is 0.213 e. The molecule has 0 atom stereocenters. The number of methoxy groups -OCH3 is 1. The zero-order chi connectivity index (χ0) is 17.9. The average molecular weight is 349 g/mol. The van der Waals surface area contributed by atoms with Gasteiger partial charge in [0.25, 0.3) is 0 Å². The lowest BCUT2D eigenvalue weighted by atomic mass is 10.2. The zero-order valence-corrected chi connectivity index (χ0v) is 15.2. The highest BCUT2D eigenvalue weighted by Gasteiger charge is 2.20. The van der Waals surface area contributed by atoms with Crippen molar-refractivity contribution in [1.82, 2.24) is 19.9 Å². The van der Waals surface area contributed by atoms with Gasteiger partial charge in [0.05, 0.1) is 29.5 Å². The van der Waals surface area contributed by atoms with Crippen LogP contribution >= 0.6 is 0 Å². The number of ether oxygens (including phenoxy) is 1. The van der Waals surface area contributed by atoms with Crippen molar-refractivity contribution in [2.45, 2.75) is 13.5 Å². The minimum atomic E-state index is 0.670. The highest BCUT2D eigenvalue weighted by atomic mass is 16.5. The third-order valence-corrected chi connectivity index (χ3v) is 4.77. The summed E-state index contributed by atoms with van der Waals surface area (Å²) in [5.41, 5.74) is 3.94. The monoisotopic (exact) mass is 349 g/mol. The summed E-state index contributed by atoms with van der Waals surface area (Å²) in [6, 6.07) is 14.0. The summed E-state index contributed by atoms with van der Waals surface area (Å²) in [6.07, 6.45) is 0. The molecule has 4 rings (SSSR count). The number of aryl methyl sites for hydroxylation is 1. The first kappa shape index (κ1) is 16.7. The van der Waals surface area contributed by atoms with Crippen LogP contribution in [0.15, 0.2) is 42.5 Å². The minimum absolute atomic E-state index is 0.670. The number of rotatable bonds is 4. The number of fused-ring (bicyclic) bond motifs is 1. The molecule has 6 heteroatoms. The molecule has 1 fully saturated rings. The van der Waals surface area contributed by atoms with Gasteiger partial charge in [-0.2, -0.15) is 0 Å². The fourth-order valence-electron chi connectivity index (χ4n) is 3.38. The van der Waals surface area contributed by atoms with Crippen LogP contribution in [0.1, 0.15) is 11.4 Å². The first-order chi connectivity index (χ1) is 12.7. The fraction of sp³-hybridized carbons (Fsp3) is 0.350. The van der Waals surface area contributed by atoms with Gasteiger partial charge in [-0.1, -0.05) is 18.2 Å². The Hall–Kier alpha value is -2.73. The second-order valence-corrected chi connectivity index (χ2v) is 6.56. The van der Waals surface area contributed by atoms with Crippen molar-refractivity contribution in [3.63, 3.8) is 0 Å². The maximum Gasteiger partial charge on any atom is 0.213 e. The predicted octanol–water partition coefficient (Wildman–Crippen LogP) is 2.66. The number of aromatic nitrogens is 3. The molecule has 0 radical (unpaired) electrons. The van der Waals surface area contributed by atoms with E-state index in [1.165, 1.54) is 0 Å². The highest BCUT2D eigenvalue weighted by molar-refractivity contribution is 5.76. The summed E-state index contributed by atoms with van der Waals surface area (Å²) in [6.45, 7) is 6.73. The average Bonchev–Trinajstić information content (AvgIpc) is 2.68. The summed E-state index contributed by atoms with van der Waals surface area (Å²) in [4.78, 5) is 18.8. The molecule has 134 valence electrons. The van der Waals surface area contributed by atoms with E-state index in [9.17, 15) is 0 Å². The van der Waals surface area contributed by atoms with E-state index in [0.717, 1.165) is 61.0 Å². The van der Waals surface area contributed by atoms with E-state index in [1.54, 1.807) is 7.11 Å². The van der Waals surface area contributed by atoms with Gasteiger partial charge in [-0.25, -0.2) is 15.0 Å².